The van der Waals surface area contributed by atoms with Gasteiger partial charge in [-0.1, -0.05) is 32.6 Å². The van der Waals surface area contributed by atoms with Gasteiger partial charge in [0.25, 0.3) is 0 Å². The maximum Gasteiger partial charge on any atom is 0.237 e. The Morgan fingerprint density at radius 3 is 2.58 bits per heavy atom. The van der Waals surface area contributed by atoms with Crippen molar-refractivity contribution in [2.24, 2.45) is 0 Å². The van der Waals surface area contributed by atoms with Gasteiger partial charge in [0.15, 0.2) is 0 Å². The summed E-state index contributed by atoms with van der Waals surface area (Å²) in [7, 11) is 0. The molecule has 1 fully saturated rings. The van der Waals surface area contributed by atoms with E-state index >= 15 is 0 Å². The van der Waals surface area contributed by atoms with Crippen molar-refractivity contribution >= 4 is 5.91 Å². The summed E-state index contributed by atoms with van der Waals surface area (Å²) in [6.07, 6.45) is 7.63. The fraction of sp³-hybridized carbons (Fsp3) is 0.933. The lowest BCUT2D eigenvalue weighted by Gasteiger charge is -2.27. The number of hydrogen-bond donors (Lipinski definition) is 3. The molecule has 1 aliphatic rings. The highest BCUT2D eigenvalue weighted by Gasteiger charge is 2.23. The first-order chi connectivity index (χ1) is 8.94. The van der Waals surface area contributed by atoms with Crippen LogP contribution in [0.5, 0.6) is 0 Å². The van der Waals surface area contributed by atoms with Crippen molar-refractivity contribution in [2.45, 2.75) is 83.4 Å². The third-order valence-electron chi connectivity index (χ3n) is 3.92. The number of nitrogens with one attached hydrogen (secondary N) is 2. The maximum absolute atomic E-state index is 12.0. The summed E-state index contributed by atoms with van der Waals surface area (Å²) in [5, 5.41) is 16.3. The fourth-order valence-corrected chi connectivity index (χ4v) is 2.67. The van der Waals surface area contributed by atoms with E-state index in [9.17, 15) is 9.90 Å². The third kappa shape index (κ3) is 6.39. The Bertz CT molecular complexity index is 273. The Kier molecular flexibility index (Phi) is 6.80. The number of amides is 1. The van der Waals surface area contributed by atoms with E-state index in [2.05, 4.69) is 10.6 Å². The SMILES string of the molecule is CCCC(C)(O)CNC(C)C(=O)NC1CCCCC1. The van der Waals surface area contributed by atoms with Crippen molar-refractivity contribution < 1.29 is 9.90 Å². The molecular weight excluding hydrogens is 240 g/mol. The van der Waals surface area contributed by atoms with Crippen LogP contribution in [0.1, 0.15) is 65.7 Å². The highest BCUT2D eigenvalue weighted by atomic mass is 16.3. The molecule has 4 heteroatoms. The average molecular weight is 270 g/mol. The largest absolute Gasteiger partial charge is 0.389 e. The minimum Gasteiger partial charge on any atom is -0.389 e. The molecule has 0 aromatic carbocycles. The van der Waals surface area contributed by atoms with Crippen LogP contribution in [0.4, 0.5) is 0 Å². The maximum atomic E-state index is 12.0. The zero-order chi connectivity index (χ0) is 14.3. The molecule has 1 saturated carbocycles. The van der Waals surface area contributed by atoms with E-state index < -0.39 is 5.60 Å². The number of carbonyl (C=O) groups excluding carboxylic acids is 1. The van der Waals surface area contributed by atoms with Crippen molar-refractivity contribution in [2.75, 3.05) is 6.54 Å². The number of carbonyl (C=O) groups is 1. The molecule has 0 spiro atoms. The molecule has 0 heterocycles. The smallest absolute Gasteiger partial charge is 0.237 e. The Morgan fingerprint density at radius 2 is 2.00 bits per heavy atom. The summed E-state index contributed by atoms with van der Waals surface area (Å²) >= 11 is 0. The molecule has 1 rings (SSSR count). The van der Waals surface area contributed by atoms with Crippen LogP contribution in [-0.2, 0) is 4.79 Å². The molecule has 3 N–H and O–H groups in total. The third-order valence-corrected chi connectivity index (χ3v) is 3.92. The first kappa shape index (κ1) is 16.4. The molecule has 1 amide bonds. The van der Waals surface area contributed by atoms with Crippen molar-refractivity contribution in [3.05, 3.63) is 0 Å². The van der Waals surface area contributed by atoms with Crippen LogP contribution < -0.4 is 10.6 Å². The van der Waals surface area contributed by atoms with Gasteiger partial charge in [-0.3, -0.25) is 4.79 Å². The number of hydrogen-bond acceptors (Lipinski definition) is 3. The van der Waals surface area contributed by atoms with Gasteiger partial charge in [-0.15, -0.1) is 0 Å². The highest BCUT2D eigenvalue weighted by molar-refractivity contribution is 5.81. The van der Waals surface area contributed by atoms with E-state index in [0.29, 0.717) is 12.6 Å². The van der Waals surface area contributed by atoms with Gasteiger partial charge in [-0.05, 0) is 33.1 Å². The van der Waals surface area contributed by atoms with Gasteiger partial charge in [-0.2, -0.15) is 0 Å². The predicted molar refractivity (Wildman–Crippen MR) is 78.0 cm³/mol. The second-order valence-electron chi connectivity index (χ2n) is 6.19. The summed E-state index contributed by atoms with van der Waals surface area (Å²) in [6, 6.07) is 0.104. The predicted octanol–water partition coefficient (Wildman–Crippen LogP) is 1.96. The quantitative estimate of drug-likeness (QED) is 0.663. The number of rotatable bonds is 7. The van der Waals surface area contributed by atoms with Crippen LogP contribution in [-0.4, -0.2) is 35.2 Å². The van der Waals surface area contributed by atoms with Gasteiger partial charge < -0.3 is 15.7 Å². The van der Waals surface area contributed by atoms with E-state index in [1.165, 1.54) is 19.3 Å². The Labute approximate surface area is 117 Å². The topological polar surface area (TPSA) is 61.4 Å². The van der Waals surface area contributed by atoms with Gasteiger partial charge in [-0.25, -0.2) is 0 Å². The molecule has 0 saturated heterocycles. The summed E-state index contributed by atoms with van der Waals surface area (Å²) in [5.41, 5.74) is -0.728. The molecule has 1 aliphatic carbocycles. The van der Waals surface area contributed by atoms with E-state index in [1.54, 1.807) is 0 Å². The average Bonchev–Trinajstić information content (AvgIpc) is 2.37. The highest BCUT2D eigenvalue weighted by Crippen LogP contribution is 2.17. The molecule has 19 heavy (non-hydrogen) atoms. The van der Waals surface area contributed by atoms with Crippen molar-refractivity contribution in [1.82, 2.24) is 10.6 Å². The van der Waals surface area contributed by atoms with Crippen molar-refractivity contribution in [1.29, 1.82) is 0 Å². The van der Waals surface area contributed by atoms with Crippen LogP contribution in [0, 0.1) is 0 Å². The van der Waals surface area contributed by atoms with E-state index in [-0.39, 0.29) is 11.9 Å². The van der Waals surface area contributed by atoms with E-state index in [1.807, 2.05) is 20.8 Å². The van der Waals surface area contributed by atoms with Gasteiger partial charge >= 0.3 is 0 Å². The molecule has 0 aliphatic heterocycles. The Hall–Kier alpha value is -0.610. The van der Waals surface area contributed by atoms with E-state index in [4.69, 9.17) is 0 Å². The van der Waals surface area contributed by atoms with Gasteiger partial charge in [0.1, 0.15) is 0 Å². The van der Waals surface area contributed by atoms with Gasteiger partial charge in [0.05, 0.1) is 11.6 Å². The monoisotopic (exact) mass is 270 g/mol. The molecule has 2 atom stereocenters. The lowest BCUT2D eigenvalue weighted by molar-refractivity contribution is -0.123. The van der Waals surface area contributed by atoms with Gasteiger partial charge in [0, 0.05) is 12.6 Å². The summed E-state index contributed by atoms with van der Waals surface area (Å²) in [6.45, 7) is 6.18. The van der Waals surface area contributed by atoms with E-state index in [0.717, 1.165) is 25.7 Å². The summed E-state index contributed by atoms with van der Waals surface area (Å²) < 4.78 is 0. The molecule has 0 aromatic heterocycles. The number of aliphatic hydroxyl groups is 1. The van der Waals surface area contributed by atoms with Gasteiger partial charge in [0.2, 0.25) is 5.91 Å². The Balaban J connectivity index is 2.27. The normalized spacial score (nSPS) is 21.7. The fourth-order valence-electron chi connectivity index (χ4n) is 2.67. The molecule has 0 aromatic rings. The standard InChI is InChI=1S/C15H30N2O2/c1-4-10-15(3,19)11-16-12(2)14(18)17-13-8-6-5-7-9-13/h12-13,16,19H,4-11H2,1-3H3,(H,17,18). The summed E-state index contributed by atoms with van der Waals surface area (Å²) in [5.74, 6) is 0.0548. The molecule has 0 radical (unpaired) electrons. The van der Waals surface area contributed by atoms with Crippen molar-refractivity contribution in [3.63, 3.8) is 0 Å². The second-order valence-corrected chi connectivity index (χ2v) is 6.19. The van der Waals surface area contributed by atoms with Crippen molar-refractivity contribution in [3.8, 4) is 0 Å². The first-order valence-electron chi connectivity index (χ1n) is 7.71. The molecule has 4 nitrogen and oxygen atoms in total. The summed E-state index contributed by atoms with van der Waals surface area (Å²) in [4.78, 5) is 12.0. The molecular formula is C15H30N2O2. The second kappa shape index (κ2) is 7.85. The minimum absolute atomic E-state index is 0.0548. The lowest BCUT2D eigenvalue weighted by Crippen LogP contribution is -2.50. The van der Waals surface area contributed by atoms with Crippen LogP contribution in [0.2, 0.25) is 0 Å². The van der Waals surface area contributed by atoms with Crippen LogP contribution in [0.15, 0.2) is 0 Å². The molecule has 2 unspecified atom stereocenters. The Morgan fingerprint density at radius 1 is 1.37 bits per heavy atom. The zero-order valence-corrected chi connectivity index (χ0v) is 12.7. The lowest BCUT2D eigenvalue weighted by atomic mass is 9.95. The van der Waals surface area contributed by atoms with Crippen LogP contribution in [0.3, 0.4) is 0 Å². The molecule has 112 valence electrons. The van der Waals surface area contributed by atoms with Crippen LogP contribution >= 0.6 is 0 Å². The first-order valence-corrected chi connectivity index (χ1v) is 7.71. The van der Waals surface area contributed by atoms with Crippen LogP contribution in [0.25, 0.3) is 0 Å². The molecule has 0 bridgehead atoms. The zero-order valence-electron chi connectivity index (χ0n) is 12.7. The minimum atomic E-state index is -0.728.